The van der Waals surface area contributed by atoms with E-state index < -0.39 is 11.6 Å². The maximum absolute atomic E-state index is 13.4. The Kier molecular flexibility index (Phi) is 3.60. The monoisotopic (exact) mass is 251 g/mol. The maximum atomic E-state index is 13.4. The largest absolute Gasteiger partial charge is 0.351 e. The molecular formula is C13H15F2N3. The number of nitrogens with zero attached hydrogens (tertiary/aromatic N) is 2. The molecule has 0 saturated heterocycles. The first-order chi connectivity index (χ1) is 8.58. The molecule has 1 heterocycles. The normalized spacial score (nSPS) is 10.9. The highest BCUT2D eigenvalue weighted by molar-refractivity contribution is 5.30. The van der Waals surface area contributed by atoms with Crippen LogP contribution in [0.3, 0.4) is 0 Å². The number of hydrogen-bond acceptors (Lipinski definition) is 2. The zero-order chi connectivity index (χ0) is 13.1. The Bertz CT molecular complexity index is 535. The standard InChI is InChI=1S/C13H15F2N3/c1-9(2)18-6-5-16-13(18)17-8-10-7-11(14)3-4-12(10)15/h3-7,9H,8H2,1-2H3,(H,16,17). The Morgan fingerprint density at radius 2 is 2.11 bits per heavy atom. The van der Waals surface area contributed by atoms with E-state index in [2.05, 4.69) is 10.3 Å². The van der Waals surface area contributed by atoms with Crippen molar-refractivity contribution in [1.29, 1.82) is 0 Å². The molecule has 1 N–H and O–H groups in total. The van der Waals surface area contributed by atoms with Crippen LogP contribution in [0.2, 0.25) is 0 Å². The quantitative estimate of drug-likeness (QED) is 0.903. The lowest BCUT2D eigenvalue weighted by atomic mass is 10.2. The minimum absolute atomic E-state index is 0.202. The first-order valence-electron chi connectivity index (χ1n) is 5.78. The number of halogens is 2. The summed E-state index contributed by atoms with van der Waals surface area (Å²) in [6, 6.07) is 3.67. The highest BCUT2D eigenvalue weighted by Gasteiger charge is 2.08. The minimum Gasteiger partial charge on any atom is -0.351 e. The molecule has 96 valence electrons. The number of hydrogen-bond donors (Lipinski definition) is 1. The van der Waals surface area contributed by atoms with Crippen LogP contribution < -0.4 is 5.32 Å². The van der Waals surface area contributed by atoms with Gasteiger partial charge in [0.25, 0.3) is 0 Å². The minimum atomic E-state index is -0.444. The van der Waals surface area contributed by atoms with Crippen LogP contribution in [0.5, 0.6) is 0 Å². The van der Waals surface area contributed by atoms with Crippen LogP contribution in [-0.2, 0) is 6.54 Å². The molecular weight excluding hydrogens is 236 g/mol. The van der Waals surface area contributed by atoms with Crippen LogP contribution in [0.15, 0.2) is 30.6 Å². The van der Waals surface area contributed by atoms with Crippen molar-refractivity contribution in [3.8, 4) is 0 Å². The van der Waals surface area contributed by atoms with Crippen LogP contribution in [-0.4, -0.2) is 9.55 Å². The summed E-state index contributed by atoms with van der Waals surface area (Å²) in [5, 5.41) is 3.00. The zero-order valence-corrected chi connectivity index (χ0v) is 10.3. The van der Waals surface area contributed by atoms with Crippen LogP contribution >= 0.6 is 0 Å². The topological polar surface area (TPSA) is 29.9 Å². The third-order valence-corrected chi connectivity index (χ3v) is 2.67. The van der Waals surface area contributed by atoms with Gasteiger partial charge in [-0.05, 0) is 32.0 Å². The molecule has 2 aromatic rings. The van der Waals surface area contributed by atoms with Gasteiger partial charge in [0.05, 0.1) is 0 Å². The number of rotatable bonds is 4. The lowest BCUT2D eigenvalue weighted by molar-refractivity contribution is 0.584. The predicted octanol–water partition coefficient (Wildman–Crippen LogP) is 3.35. The number of imidazole rings is 1. The van der Waals surface area contributed by atoms with Crippen molar-refractivity contribution in [2.75, 3.05) is 5.32 Å². The molecule has 0 aliphatic heterocycles. The van der Waals surface area contributed by atoms with Crippen molar-refractivity contribution in [2.24, 2.45) is 0 Å². The molecule has 0 bridgehead atoms. The Morgan fingerprint density at radius 1 is 1.33 bits per heavy atom. The Balaban J connectivity index is 2.11. The molecule has 3 nitrogen and oxygen atoms in total. The van der Waals surface area contributed by atoms with E-state index in [9.17, 15) is 8.78 Å². The van der Waals surface area contributed by atoms with Gasteiger partial charge < -0.3 is 9.88 Å². The molecule has 0 saturated carbocycles. The molecule has 1 aromatic carbocycles. The fourth-order valence-electron chi connectivity index (χ4n) is 1.72. The van der Waals surface area contributed by atoms with Gasteiger partial charge in [-0.3, -0.25) is 0 Å². The second-order valence-electron chi connectivity index (χ2n) is 4.34. The van der Waals surface area contributed by atoms with E-state index in [1.807, 2.05) is 24.6 Å². The number of aromatic nitrogens is 2. The average molecular weight is 251 g/mol. The Labute approximate surface area is 104 Å². The van der Waals surface area contributed by atoms with Crippen LogP contribution in [0.4, 0.5) is 14.7 Å². The smallest absolute Gasteiger partial charge is 0.203 e. The second-order valence-corrected chi connectivity index (χ2v) is 4.34. The van der Waals surface area contributed by atoms with Crippen molar-refractivity contribution in [2.45, 2.75) is 26.4 Å². The molecule has 0 atom stereocenters. The molecule has 0 fully saturated rings. The summed E-state index contributed by atoms with van der Waals surface area (Å²) in [5.41, 5.74) is 0.285. The van der Waals surface area contributed by atoms with Gasteiger partial charge in [0.1, 0.15) is 11.6 Å². The van der Waals surface area contributed by atoms with Crippen molar-refractivity contribution in [1.82, 2.24) is 9.55 Å². The van der Waals surface area contributed by atoms with Crippen LogP contribution in [0, 0.1) is 11.6 Å². The van der Waals surface area contributed by atoms with Gasteiger partial charge in [-0.25, -0.2) is 13.8 Å². The van der Waals surface area contributed by atoms with E-state index in [1.165, 1.54) is 6.07 Å². The van der Waals surface area contributed by atoms with E-state index in [0.717, 1.165) is 12.1 Å². The van der Waals surface area contributed by atoms with Crippen LogP contribution in [0.1, 0.15) is 25.5 Å². The van der Waals surface area contributed by atoms with Gasteiger partial charge in [0.15, 0.2) is 0 Å². The third-order valence-electron chi connectivity index (χ3n) is 2.67. The summed E-state index contributed by atoms with van der Waals surface area (Å²) in [6.07, 6.45) is 3.51. The van der Waals surface area contributed by atoms with E-state index in [1.54, 1.807) is 6.20 Å². The molecule has 18 heavy (non-hydrogen) atoms. The van der Waals surface area contributed by atoms with Gasteiger partial charge >= 0.3 is 0 Å². The van der Waals surface area contributed by atoms with Crippen molar-refractivity contribution < 1.29 is 8.78 Å². The van der Waals surface area contributed by atoms with Gasteiger partial charge in [-0.15, -0.1) is 0 Å². The summed E-state index contributed by atoms with van der Waals surface area (Å²) >= 11 is 0. The predicted molar refractivity (Wildman–Crippen MR) is 66.3 cm³/mol. The van der Waals surface area contributed by atoms with E-state index in [-0.39, 0.29) is 18.2 Å². The SMILES string of the molecule is CC(C)n1ccnc1NCc1cc(F)ccc1F. The first-order valence-corrected chi connectivity index (χ1v) is 5.78. The molecule has 0 unspecified atom stereocenters. The highest BCUT2D eigenvalue weighted by Crippen LogP contribution is 2.15. The molecule has 0 radical (unpaired) electrons. The summed E-state index contributed by atoms with van der Waals surface area (Å²) in [6.45, 7) is 4.25. The molecule has 0 spiro atoms. The Morgan fingerprint density at radius 3 is 2.83 bits per heavy atom. The third kappa shape index (κ3) is 2.67. The summed E-state index contributed by atoms with van der Waals surface area (Å²) in [5.74, 6) is -0.222. The van der Waals surface area contributed by atoms with E-state index >= 15 is 0 Å². The van der Waals surface area contributed by atoms with E-state index in [0.29, 0.717) is 5.95 Å². The average Bonchev–Trinajstić information content (AvgIpc) is 2.79. The second kappa shape index (κ2) is 5.16. The maximum Gasteiger partial charge on any atom is 0.203 e. The summed E-state index contributed by atoms with van der Waals surface area (Å²) in [4.78, 5) is 4.14. The van der Waals surface area contributed by atoms with Crippen molar-refractivity contribution in [3.63, 3.8) is 0 Å². The van der Waals surface area contributed by atoms with Gasteiger partial charge in [-0.1, -0.05) is 0 Å². The van der Waals surface area contributed by atoms with Gasteiger partial charge in [-0.2, -0.15) is 0 Å². The lowest BCUT2D eigenvalue weighted by Crippen LogP contribution is -2.09. The summed E-state index contributed by atoms with van der Waals surface area (Å²) < 4.78 is 28.4. The van der Waals surface area contributed by atoms with Crippen molar-refractivity contribution in [3.05, 3.63) is 47.8 Å². The lowest BCUT2D eigenvalue weighted by Gasteiger charge is -2.13. The van der Waals surface area contributed by atoms with Gasteiger partial charge in [0, 0.05) is 30.5 Å². The van der Waals surface area contributed by atoms with Gasteiger partial charge in [0.2, 0.25) is 5.95 Å². The van der Waals surface area contributed by atoms with Crippen molar-refractivity contribution >= 4 is 5.95 Å². The highest BCUT2D eigenvalue weighted by atomic mass is 19.1. The molecule has 0 aliphatic carbocycles. The number of nitrogens with one attached hydrogen (secondary N) is 1. The summed E-state index contributed by atoms with van der Waals surface area (Å²) in [7, 11) is 0. The molecule has 0 amide bonds. The fourth-order valence-corrected chi connectivity index (χ4v) is 1.72. The van der Waals surface area contributed by atoms with E-state index in [4.69, 9.17) is 0 Å². The molecule has 5 heteroatoms. The molecule has 1 aromatic heterocycles. The number of benzene rings is 1. The fraction of sp³-hybridized carbons (Fsp3) is 0.308. The zero-order valence-electron chi connectivity index (χ0n) is 10.3. The molecule has 2 rings (SSSR count). The first kappa shape index (κ1) is 12.5. The molecule has 0 aliphatic rings. The Hall–Kier alpha value is -1.91. The van der Waals surface area contributed by atoms with Crippen LogP contribution in [0.25, 0.3) is 0 Å². The number of anilines is 1.